The van der Waals surface area contributed by atoms with Gasteiger partial charge >= 0.3 is 11.9 Å². The molecule has 0 aliphatic carbocycles. The van der Waals surface area contributed by atoms with E-state index in [-0.39, 0.29) is 36.0 Å². The van der Waals surface area contributed by atoms with Crippen LogP contribution in [0.1, 0.15) is 71.6 Å². The smallest absolute Gasteiger partial charge is 0.340 e. The molecule has 0 saturated carbocycles. The van der Waals surface area contributed by atoms with E-state index in [4.69, 9.17) is 20.9 Å². The maximum atomic E-state index is 11.4. The number of anilines is 2. The van der Waals surface area contributed by atoms with E-state index < -0.39 is 0 Å². The first-order valence-electron chi connectivity index (χ1n) is 9.13. The van der Waals surface area contributed by atoms with Crippen molar-refractivity contribution in [3.05, 3.63) is 46.8 Å². The molecule has 2 aromatic heterocycles. The van der Waals surface area contributed by atoms with Crippen LogP contribution in [0.4, 0.5) is 11.6 Å². The molecular formula is C20H24N4O4. The number of rotatable bonds is 0. The van der Waals surface area contributed by atoms with Crippen LogP contribution in [-0.4, -0.2) is 34.1 Å². The number of esters is 2. The largest absolute Gasteiger partial charge is 0.458 e. The Kier molecular flexibility index (Phi) is 5.22. The Balaban J connectivity index is 0.000000161. The predicted molar refractivity (Wildman–Crippen MR) is 104 cm³/mol. The summed E-state index contributed by atoms with van der Waals surface area (Å²) in [4.78, 5) is 31.2. The molecule has 0 spiro atoms. The number of carbonyl (C=O) groups is 2. The molecule has 4 atom stereocenters. The summed E-state index contributed by atoms with van der Waals surface area (Å²) in [6.45, 7) is 7.66. The van der Waals surface area contributed by atoms with E-state index in [2.05, 4.69) is 9.97 Å². The number of aromatic nitrogens is 2. The first-order chi connectivity index (χ1) is 13.2. The molecule has 148 valence electrons. The molecule has 0 unspecified atom stereocenters. The fourth-order valence-electron chi connectivity index (χ4n) is 3.13. The van der Waals surface area contributed by atoms with Crippen LogP contribution in [0, 0.1) is 0 Å². The Labute approximate surface area is 163 Å². The molecule has 0 fully saturated rings. The quantitative estimate of drug-likeness (QED) is 0.663. The van der Waals surface area contributed by atoms with Crippen molar-refractivity contribution in [1.29, 1.82) is 0 Å². The average molecular weight is 384 g/mol. The summed E-state index contributed by atoms with van der Waals surface area (Å²) in [6, 6.07) is 6.57. The van der Waals surface area contributed by atoms with Gasteiger partial charge in [0.15, 0.2) is 0 Å². The minimum Gasteiger partial charge on any atom is -0.458 e. The predicted octanol–water partition coefficient (Wildman–Crippen LogP) is 2.65. The van der Waals surface area contributed by atoms with Crippen molar-refractivity contribution in [2.45, 2.75) is 51.7 Å². The van der Waals surface area contributed by atoms with Crippen molar-refractivity contribution in [2.75, 3.05) is 11.5 Å². The number of nitrogen functional groups attached to an aromatic ring is 2. The lowest BCUT2D eigenvalue weighted by Crippen LogP contribution is -2.29. The Bertz CT molecular complexity index is 855. The third-order valence-corrected chi connectivity index (χ3v) is 5.19. The van der Waals surface area contributed by atoms with Gasteiger partial charge in [0, 0.05) is 11.8 Å². The number of hydrogen-bond acceptors (Lipinski definition) is 8. The molecule has 28 heavy (non-hydrogen) atoms. The highest BCUT2D eigenvalue weighted by molar-refractivity contribution is 5.92. The van der Waals surface area contributed by atoms with Gasteiger partial charge in [0.1, 0.15) is 23.8 Å². The van der Waals surface area contributed by atoms with Gasteiger partial charge in [-0.3, -0.25) is 0 Å². The second-order valence-corrected chi connectivity index (χ2v) is 7.14. The molecule has 8 nitrogen and oxygen atoms in total. The number of ether oxygens (including phenoxy) is 2. The van der Waals surface area contributed by atoms with Gasteiger partial charge < -0.3 is 20.9 Å². The van der Waals surface area contributed by atoms with Crippen molar-refractivity contribution in [1.82, 2.24) is 9.97 Å². The summed E-state index contributed by atoms with van der Waals surface area (Å²) in [5, 5.41) is 0. The van der Waals surface area contributed by atoms with Gasteiger partial charge in [-0.1, -0.05) is 13.8 Å². The number of pyridine rings is 2. The number of carbonyl (C=O) groups excluding carboxylic acids is 2. The van der Waals surface area contributed by atoms with Gasteiger partial charge in [0.05, 0.1) is 22.5 Å². The van der Waals surface area contributed by atoms with Crippen LogP contribution in [-0.2, 0) is 9.47 Å². The van der Waals surface area contributed by atoms with Crippen LogP contribution in [0.5, 0.6) is 0 Å². The zero-order valence-electron chi connectivity index (χ0n) is 16.3. The first kappa shape index (κ1) is 19.6. The standard InChI is InChI=1S/2C10H12N2O2/c2*1-5-6(2)14-10(13)7-3-4-8(11)12-9(5)7/h2*3-6H,1-2H3,(H2,11,12)/t2*5-,6-/m10/s1. The summed E-state index contributed by atoms with van der Waals surface area (Å²) >= 11 is 0. The number of nitrogens with two attached hydrogens (primary N) is 2. The van der Waals surface area contributed by atoms with Gasteiger partial charge in [-0.05, 0) is 38.1 Å². The Hall–Kier alpha value is -3.16. The summed E-state index contributed by atoms with van der Waals surface area (Å²) in [5.74, 6) is 0.476. The van der Waals surface area contributed by atoms with Crippen molar-refractivity contribution < 1.29 is 19.1 Å². The topological polar surface area (TPSA) is 130 Å². The molecule has 8 heteroatoms. The lowest BCUT2D eigenvalue weighted by molar-refractivity contribution is 0.0225. The summed E-state index contributed by atoms with van der Waals surface area (Å²) in [6.07, 6.45) is -0.270. The monoisotopic (exact) mass is 384 g/mol. The SMILES string of the molecule is C[C@@H]1OC(=O)c2ccc(N)nc2[C@H]1C.C[C@H]1OC(=O)c2ccc(N)nc2[C@@H]1C. The highest BCUT2D eigenvalue weighted by Gasteiger charge is 2.32. The molecule has 2 aliphatic rings. The fourth-order valence-corrected chi connectivity index (χ4v) is 3.13. The molecule has 2 aromatic rings. The van der Waals surface area contributed by atoms with E-state index in [1.54, 1.807) is 24.3 Å². The summed E-state index contributed by atoms with van der Waals surface area (Å²) in [5.41, 5.74) is 13.7. The maximum Gasteiger partial charge on any atom is 0.340 e. The Morgan fingerprint density at radius 3 is 1.43 bits per heavy atom. The zero-order valence-corrected chi connectivity index (χ0v) is 16.3. The number of cyclic esters (lactones) is 2. The minimum absolute atomic E-state index is 0.103. The van der Waals surface area contributed by atoms with E-state index in [1.165, 1.54) is 0 Å². The highest BCUT2D eigenvalue weighted by atomic mass is 16.5. The molecule has 0 saturated heterocycles. The molecule has 0 amide bonds. The van der Waals surface area contributed by atoms with Gasteiger partial charge in [0.2, 0.25) is 0 Å². The normalized spacial score (nSPS) is 25.4. The average Bonchev–Trinajstić information content (AvgIpc) is 2.64. The first-order valence-corrected chi connectivity index (χ1v) is 9.13. The number of nitrogens with zero attached hydrogens (tertiary/aromatic N) is 2. The molecule has 2 aliphatic heterocycles. The molecule has 0 radical (unpaired) electrons. The summed E-state index contributed by atoms with van der Waals surface area (Å²) < 4.78 is 10.3. The number of hydrogen-bond donors (Lipinski definition) is 2. The van der Waals surface area contributed by atoms with E-state index in [9.17, 15) is 9.59 Å². The van der Waals surface area contributed by atoms with E-state index >= 15 is 0 Å². The third-order valence-electron chi connectivity index (χ3n) is 5.19. The molecule has 4 rings (SSSR count). The maximum absolute atomic E-state index is 11.4. The summed E-state index contributed by atoms with van der Waals surface area (Å²) in [7, 11) is 0. The molecule has 4 heterocycles. The third kappa shape index (κ3) is 3.62. The van der Waals surface area contributed by atoms with Gasteiger partial charge in [-0.25, -0.2) is 19.6 Å². The molecule has 0 aromatic carbocycles. The highest BCUT2D eigenvalue weighted by Crippen LogP contribution is 2.30. The number of fused-ring (bicyclic) bond motifs is 2. The van der Waals surface area contributed by atoms with E-state index in [1.807, 2.05) is 27.7 Å². The second kappa shape index (κ2) is 7.46. The lowest BCUT2D eigenvalue weighted by atomic mass is 9.94. The van der Waals surface area contributed by atoms with Crippen LogP contribution in [0.2, 0.25) is 0 Å². The van der Waals surface area contributed by atoms with E-state index in [0.717, 1.165) is 11.4 Å². The Morgan fingerprint density at radius 2 is 1.07 bits per heavy atom. The van der Waals surface area contributed by atoms with Crippen molar-refractivity contribution >= 4 is 23.6 Å². The van der Waals surface area contributed by atoms with Gasteiger partial charge in [0.25, 0.3) is 0 Å². The van der Waals surface area contributed by atoms with Crippen LogP contribution in [0.15, 0.2) is 24.3 Å². The molecule has 4 N–H and O–H groups in total. The van der Waals surface area contributed by atoms with Crippen molar-refractivity contribution in [2.24, 2.45) is 0 Å². The lowest BCUT2D eigenvalue weighted by Gasteiger charge is -2.27. The van der Waals surface area contributed by atoms with Crippen LogP contribution >= 0.6 is 0 Å². The van der Waals surface area contributed by atoms with Crippen LogP contribution in [0.3, 0.4) is 0 Å². The second-order valence-electron chi connectivity index (χ2n) is 7.14. The minimum atomic E-state index is -0.307. The molecular weight excluding hydrogens is 360 g/mol. The van der Waals surface area contributed by atoms with Gasteiger partial charge in [-0.15, -0.1) is 0 Å². The van der Waals surface area contributed by atoms with Crippen LogP contribution < -0.4 is 11.5 Å². The van der Waals surface area contributed by atoms with Crippen molar-refractivity contribution in [3.8, 4) is 0 Å². The van der Waals surface area contributed by atoms with E-state index in [0.29, 0.717) is 22.8 Å². The van der Waals surface area contributed by atoms with Gasteiger partial charge in [-0.2, -0.15) is 0 Å². The zero-order chi connectivity index (χ0) is 20.6. The molecule has 0 bridgehead atoms. The fraction of sp³-hybridized carbons (Fsp3) is 0.400. The van der Waals surface area contributed by atoms with Crippen molar-refractivity contribution in [3.63, 3.8) is 0 Å². The van der Waals surface area contributed by atoms with Crippen LogP contribution in [0.25, 0.3) is 0 Å². The Morgan fingerprint density at radius 1 is 0.714 bits per heavy atom.